The van der Waals surface area contributed by atoms with Crippen LogP contribution in [0.2, 0.25) is 5.02 Å². The van der Waals surface area contributed by atoms with Crippen LogP contribution in [0, 0.1) is 0 Å². The van der Waals surface area contributed by atoms with E-state index in [2.05, 4.69) is 15.6 Å². The van der Waals surface area contributed by atoms with E-state index in [1.54, 1.807) is 12.1 Å². The first-order valence-corrected chi connectivity index (χ1v) is 9.40. The van der Waals surface area contributed by atoms with Crippen molar-refractivity contribution in [3.63, 3.8) is 0 Å². The Bertz CT molecular complexity index is 1110. The van der Waals surface area contributed by atoms with Gasteiger partial charge in [0.1, 0.15) is 0 Å². The van der Waals surface area contributed by atoms with Crippen LogP contribution in [-0.4, -0.2) is 28.9 Å². The highest BCUT2D eigenvalue weighted by Gasteiger charge is 2.26. The lowest BCUT2D eigenvalue weighted by atomic mass is 10.0. The predicted octanol–water partition coefficient (Wildman–Crippen LogP) is 3.20. The highest BCUT2D eigenvalue weighted by molar-refractivity contribution is 6.32. The number of rotatable bonds is 4. The van der Waals surface area contributed by atoms with E-state index in [1.165, 1.54) is 0 Å². The normalized spacial score (nSPS) is 13.5. The van der Waals surface area contributed by atoms with Crippen LogP contribution in [-0.2, 0) is 6.54 Å². The Morgan fingerprint density at radius 3 is 2.79 bits per heavy atom. The Morgan fingerprint density at radius 2 is 2.04 bits per heavy atom. The molecule has 0 atom stereocenters. The summed E-state index contributed by atoms with van der Waals surface area (Å²) in [7, 11) is 0. The lowest BCUT2D eigenvalue weighted by molar-refractivity contribution is 0.0943. The summed E-state index contributed by atoms with van der Waals surface area (Å²) in [6, 6.07) is 11.0. The van der Waals surface area contributed by atoms with Gasteiger partial charge in [-0.3, -0.25) is 9.59 Å². The highest BCUT2D eigenvalue weighted by atomic mass is 35.5. The van der Waals surface area contributed by atoms with E-state index in [0.717, 1.165) is 27.7 Å². The third kappa shape index (κ3) is 3.37. The number of H-pyrrole nitrogens is 1. The highest BCUT2D eigenvalue weighted by Crippen LogP contribution is 2.34. The lowest BCUT2D eigenvalue weighted by Gasteiger charge is -2.18. The van der Waals surface area contributed by atoms with Crippen LogP contribution in [0.5, 0.6) is 0 Å². The van der Waals surface area contributed by atoms with Crippen molar-refractivity contribution in [3.05, 3.63) is 58.1 Å². The minimum atomic E-state index is -0.476. The molecule has 5 N–H and O–H groups in total. The Balaban J connectivity index is 1.70. The number of nitrogens with one attached hydrogen (secondary N) is 3. The summed E-state index contributed by atoms with van der Waals surface area (Å²) < 4.78 is 0. The monoisotopic (exact) mass is 396 g/mol. The summed E-state index contributed by atoms with van der Waals surface area (Å²) in [5.41, 5.74) is 9.90. The van der Waals surface area contributed by atoms with E-state index in [4.69, 9.17) is 17.3 Å². The summed E-state index contributed by atoms with van der Waals surface area (Å²) in [5, 5.41) is 7.13. The number of aromatic nitrogens is 1. The molecule has 7 heteroatoms. The van der Waals surface area contributed by atoms with Gasteiger partial charge in [-0.1, -0.05) is 17.7 Å². The molecule has 1 aromatic heterocycles. The molecule has 6 nitrogen and oxygen atoms in total. The molecule has 0 unspecified atom stereocenters. The Hall–Kier alpha value is -2.83. The van der Waals surface area contributed by atoms with E-state index in [0.29, 0.717) is 29.2 Å². The van der Waals surface area contributed by atoms with Gasteiger partial charge < -0.3 is 21.4 Å². The maximum atomic E-state index is 12.4. The molecule has 4 rings (SSSR count). The molecule has 0 aliphatic carbocycles. The van der Waals surface area contributed by atoms with Crippen LogP contribution >= 0.6 is 11.6 Å². The van der Waals surface area contributed by atoms with Crippen molar-refractivity contribution in [2.75, 3.05) is 6.54 Å². The van der Waals surface area contributed by atoms with Gasteiger partial charge in [0, 0.05) is 56.9 Å². The Kier molecular flexibility index (Phi) is 4.40. The van der Waals surface area contributed by atoms with Gasteiger partial charge in [0.2, 0.25) is 0 Å². The van der Waals surface area contributed by atoms with Gasteiger partial charge >= 0.3 is 0 Å². The number of carbonyl (C=O) groups excluding carboxylic acids is 2. The molecule has 0 spiro atoms. The van der Waals surface area contributed by atoms with Crippen LogP contribution in [0.3, 0.4) is 0 Å². The second kappa shape index (κ2) is 6.65. The third-order valence-electron chi connectivity index (χ3n) is 4.79. The molecule has 1 aliphatic heterocycles. The molecule has 2 aromatic carbocycles. The molecule has 0 saturated heterocycles. The largest absolute Gasteiger partial charge is 0.355 e. The molecule has 144 valence electrons. The number of halogens is 1. The van der Waals surface area contributed by atoms with Crippen molar-refractivity contribution in [1.82, 2.24) is 15.6 Å². The van der Waals surface area contributed by atoms with Crippen LogP contribution < -0.4 is 16.4 Å². The molecule has 0 radical (unpaired) electrons. The number of nitrogens with two attached hydrogens (primary N) is 1. The molecule has 0 saturated carbocycles. The molecule has 1 aliphatic rings. The molecule has 2 amide bonds. The molecule has 0 bridgehead atoms. The summed E-state index contributed by atoms with van der Waals surface area (Å²) in [4.78, 5) is 28.0. The van der Waals surface area contributed by atoms with Gasteiger partial charge in [-0.15, -0.1) is 0 Å². The van der Waals surface area contributed by atoms with Gasteiger partial charge in [0.25, 0.3) is 11.8 Å². The van der Waals surface area contributed by atoms with Crippen LogP contribution in [0.25, 0.3) is 22.2 Å². The van der Waals surface area contributed by atoms with E-state index >= 15 is 0 Å². The van der Waals surface area contributed by atoms with E-state index < -0.39 is 5.54 Å². The minimum absolute atomic E-state index is 0.129. The van der Waals surface area contributed by atoms with Crippen LogP contribution in [0.15, 0.2) is 36.4 Å². The number of fused-ring (bicyclic) bond motifs is 2. The van der Waals surface area contributed by atoms with Crippen molar-refractivity contribution in [3.8, 4) is 11.3 Å². The second-order valence-electron chi connectivity index (χ2n) is 7.79. The number of carbonyl (C=O) groups is 2. The van der Waals surface area contributed by atoms with Crippen LogP contribution in [0.1, 0.15) is 40.1 Å². The maximum absolute atomic E-state index is 12.4. The quantitative estimate of drug-likeness (QED) is 0.544. The second-order valence-corrected chi connectivity index (χ2v) is 8.19. The van der Waals surface area contributed by atoms with Crippen molar-refractivity contribution in [2.24, 2.45) is 5.73 Å². The van der Waals surface area contributed by atoms with Crippen molar-refractivity contribution in [2.45, 2.75) is 25.9 Å². The van der Waals surface area contributed by atoms with E-state index in [-0.39, 0.29) is 11.8 Å². The standard InChI is InChI=1S/C21H21ClN4O2/c1-21(2,23)10-25-19(27)11-3-6-16-12(7-11)8-17(26-16)13-4-5-15(22)14-9-24-20(28)18(13)14/h3-8,26H,9-10,23H2,1-2H3,(H,24,28)(H,25,27). The molecule has 28 heavy (non-hydrogen) atoms. The van der Waals surface area contributed by atoms with E-state index in [1.807, 2.05) is 38.1 Å². The summed E-state index contributed by atoms with van der Waals surface area (Å²) in [6.07, 6.45) is 0. The maximum Gasteiger partial charge on any atom is 0.252 e. The molecular weight excluding hydrogens is 376 g/mol. The first kappa shape index (κ1) is 18.5. The molecular formula is C21H21ClN4O2. The number of hydrogen-bond donors (Lipinski definition) is 4. The minimum Gasteiger partial charge on any atom is -0.355 e. The number of hydrogen-bond acceptors (Lipinski definition) is 3. The van der Waals surface area contributed by atoms with Gasteiger partial charge in [0.15, 0.2) is 0 Å². The topological polar surface area (TPSA) is 100 Å². The zero-order valence-electron chi connectivity index (χ0n) is 15.7. The predicted molar refractivity (Wildman–Crippen MR) is 111 cm³/mol. The van der Waals surface area contributed by atoms with Gasteiger partial charge in [-0.05, 0) is 44.2 Å². The zero-order chi connectivity index (χ0) is 20.1. The first-order chi connectivity index (χ1) is 13.2. The summed E-state index contributed by atoms with van der Waals surface area (Å²) in [5.74, 6) is -0.300. The molecule has 2 heterocycles. The van der Waals surface area contributed by atoms with Gasteiger partial charge in [-0.2, -0.15) is 0 Å². The average Bonchev–Trinajstić information content (AvgIpc) is 3.23. The lowest BCUT2D eigenvalue weighted by Crippen LogP contribution is -2.45. The fourth-order valence-corrected chi connectivity index (χ4v) is 3.59. The SMILES string of the molecule is CC(C)(N)CNC(=O)c1ccc2[nH]c(-c3ccc(Cl)c4c3C(=O)NC4)cc2c1. The first-order valence-electron chi connectivity index (χ1n) is 9.03. The Morgan fingerprint density at radius 1 is 1.25 bits per heavy atom. The smallest absolute Gasteiger partial charge is 0.252 e. The number of aromatic amines is 1. The third-order valence-corrected chi connectivity index (χ3v) is 5.14. The fraction of sp³-hybridized carbons (Fsp3) is 0.238. The summed E-state index contributed by atoms with van der Waals surface area (Å²) >= 11 is 6.23. The fourth-order valence-electron chi connectivity index (χ4n) is 3.37. The average molecular weight is 397 g/mol. The van der Waals surface area contributed by atoms with Crippen LogP contribution in [0.4, 0.5) is 0 Å². The van der Waals surface area contributed by atoms with Crippen molar-refractivity contribution in [1.29, 1.82) is 0 Å². The number of amides is 2. The summed E-state index contributed by atoms with van der Waals surface area (Å²) in [6.45, 7) is 4.53. The molecule has 0 fully saturated rings. The van der Waals surface area contributed by atoms with Crippen molar-refractivity contribution < 1.29 is 9.59 Å². The number of benzene rings is 2. The van der Waals surface area contributed by atoms with Gasteiger partial charge in [0.05, 0.1) is 5.56 Å². The Labute approximate surface area is 167 Å². The van der Waals surface area contributed by atoms with Gasteiger partial charge in [-0.25, -0.2) is 0 Å². The zero-order valence-corrected chi connectivity index (χ0v) is 16.4. The van der Waals surface area contributed by atoms with Crippen molar-refractivity contribution >= 4 is 34.3 Å². The van der Waals surface area contributed by atoms with E-state index in [9.17, 15) is 9.59 Å². The molecule has 3 aromatic rings.